The van der Waals surface area contributed by atoms with Crippen LogP contribution >= 0.6 is 0 Å². The van der Waals surface area contributed by atoms with Crippen molar-refractivity contribution in [3.05, 3.63) is 243 Å². The molecule has 10 aromatic carbocycles. The van der Waals surface area contributed by atoms with Crippen molar-refractivity contribution in [2.45, 2.75) is 0 Å². The van der Waals surface area contributed by atoms with E-state index in [9.17, 15) is 0 Å². The third-order valence-corrected chi connectivity index (χ3v) is 12.5. The highest BCUT2D eigenvalue weighted by Gasteiger charge is 2.18. The molecule has 0 fully saturated rings. The van der Waals surface area contributed by atoms with E-state index in [4.69, 9.17) is 0 Å². The molecule has 0 aliphatic carbocycles. The minimum atomic E-state index is 1.14. The van der Waals surface area contributed by atoms with Gasteiger partial charge in [0.1, 0.15) is 0 Å². The van der Waals surface area contributed by atoms with Gasteiger partial charge >= 0.3 is 0 Å². The van der Waals surface area contributed by atoms with E-state index in [1.807, 2.05) is 0 Å². The molecule has 290 valence electrons. The standard InChI is InChI=1S/C60H40N2/c1-5-17-41(18-6-1)47-33-48(42-19-7-2-8-20-42)36-51(35-47)61-57-27-15-13-25-53(57)55-31-29-45(39-59(55)61)46-30-32-56-54-26-14-16-28-58(54)62(60(56)40-46)52-37-49(43-21-9-3-10-22-43)34-50(38-52)44-23-11-4-12-24-44/h1-40H. The van der Waals surface area contributed by atoms with Crippen LogP contribution in [0.15, 0.2) is 243 Å². The lowest BCUT2D eigenvalue weighted by Crippen LogP contribution is -1.97. The van der Waals surface area contributed by atoms with Crippen molar-refractivity contribution in [3.8, 4) is 67.0 Å². The minimum absolute atomic E-state index is 1.14. The van der Waals surface area contributed by atoms with Gasteiger partial charge in [0.15, 0.2) is 0 Å². The molecule has 2 nitrogen and oxygen atoms in total. The van der Waals surface area contributed by atoms with Crippen LogP contribution in [-0.2, 0) is 0 Å². The predicted molar refractivity (Wildman–Crippen MR) is 262 cm³/mol. The Morgan fingerprint density at radius 3 is 0.806 bits per heavy atom. The fourth-order valence-corrected chi connectivity index (χ4v) is 9.53. The smallest absolute Gasteiger partial charge is 0.0547 e. The number of hydrogen-bond acceptors (Lipinski definition) is 0. The summed E-state index contributed by atoms with van der Waals surface area (Å²) in [4.78, 5) is 0. The summed E-state index contributed by atoms with van der Waals surface area (Å²) in [5.74, 6) is 0. The SMILES string of the molecule is c1ccc(-c2cc(-c3ccccc3)cc(-n3c4ccccc4c4ccc(-c5ccc6c7ccccc7n(-c7cc(-c8ccccc8)cc(-c8ccccc8)c7)c6c5)cc43)c2)cc1. The van der Waals surface area contributed by atoms with Crippen molar-refractivity contribution in [2.75, 3.05) is 0 Å². The lowest BCUT2D eigenvalue weighted by atomic mass is 9.97. The number of nitrogens with zero attached hydrogens (tertiary/aromatic N) is 2. The van der Waals surface area contributed by atoms with Crippen LogP contribution in [0.3, 0.4) is 0 Å². The van der Waals surface area contributed by atoms with Crippen molar-refractivity contribution in [1.82, 2.24) is 9.13 Å². The summed E-state index contributed by atoms with van der Waals surface area (Å²) in [6, 6.07) is 88.6. The summed E-state index contributed by atoms with van der Waals surface area (Å²) in [6.45, 7) is 0. The first-order chi connectivity index (χ1) is 30.7. The van der Waals surface area contributed by atoms with Crippen LogP contribution in [0.25, 0.3) is 111 Å². The molecule has 0 saturated carbocycles. The molecule has 2 heteroatoms. The second-order valence-corrected chi connectivity index (χ2v) is 16.2. The average molecular weight is 789 g/mol. The molecular formula is C60H40N2. The topological polar surface area (TPSA) is 9.86 Å². The van der Waals surface area contributed by atoms with E-state index in [1.165, 1.54) is 99.2 Å². The Labute approximate surface area is 360 Å². The summed E-state index contributed by atoms with van der Waals surface area (Å²) < 4.78 is 4.92. The Hall–Kier alpha value is -8.20. The molecule has 0 aliphatic heterocycles. The van der Waals surface area contributed by atoms with Gasteiger partial charge in [0, 0.05) is 32.9 Å². The maximum Gasteiger partial charge on any atom is 0.0547 e. The third-order valence-electron chi connectivity index (χ3n) is 12.5. The van der Waals surface area contributed by atoms with E-state index >= 15 is 0 Å². The van der Waals surface area contributed by atoms with Gasteiger partial charge in [0.05, 0.1) is 22.1 Å². The highest BCUT2D eigenvalue weighted by molar-refractivity contribution is 6.12. The van der Waals surface area contributed by atoms with E-state index in [0.717, 1.165) is 11.4 Å². The Morgan fingerprint density at radius 2 is 0.468 bits per heavy atom. The number of aromatic nitrogens is 2. The van der Waals surface area contributed by atoms with Gasteiger partial charge in [-0.15, -0.1) is 0 Å². The molecule has 0 spiro atoms. The van der Waals surface area contributed by atoms with Gasteiger partial charge < -0.3 is 9.13 Å². The quantitative estimate of drug-likeness (QED) is 0.152. The molecule has 0 bridgehead atoms. The van der Waals surface area contributed by atoms with Crippen molar-refractivity contribution >= 4 is 43.6 Å². The van der Waals surface area contributed by atoms with E-state index in [-0.39, 0.29) is 0 Å². The largest absolute Gasteiger partial charge is 0.309 e. The van der Waals surface area contributed by atoms with Crippen molar-refractivity contribution in [2.24, 2.45) is 0 Å². The van der Waals surface area contributed by atoms with Crippen LogP contribution in [0.2, 0.25) is 0 Å². The summed E-state index contributed by atoms with van der Waals surface area (Å²) in [5.41, 5.74) is 18.9. The molecule has 0 atom stereocenters. The molecular weight excluding hydrogens is 749 g/mol. The molecule has 2 aromatic heterocycles. The van der Waals surface area contributed by atoms with E-state index in [1.54, 1.807) is 0 Å². The second kappa shape index (κ2) is 14.8. The zero-order chi connectivity index (χ0) is 41.0. The number of hydrogen-bond donors (Lipinski definition) is 0. The van der Waals surface area contributed by atoms with E-state index in [2.05, 4.69) is 252 Å². The monoisotopic (exact) mass is 788 g/mol. The highest BCUT2D eigenvalue weighted by Crippen LogP contribution is 2.41. The maximum absolute atomic E-state index is 2.46. The van der Waals surface area contributed by atoms with Crippen molar-refractivity contribution < 1.29 is 0 Å². The van der Waals surface area contributed by atoms with E-state index in [0.29, 0.717) is 0 Å². The third kappa shape index (κ3) is 6.12. The fourth-order valence-electron chi connectivity index (χ4n) is 9.53. The Balaban J connectivity index is 1.08. The zero-order valence-corrected chi connectivity index (χ0v) is 34.0. The number of benzene rings is 10. The zero-order valence-electron chi connectivity index (χ0n) is 34.0. The van der Waals surface area contributed by atoms with E-state index < -0.39 is 0 Å². The maximum atomic E-state index is 2.46. The average Bonchev–Trinajstić information content (AvgIpc) is 3.87. The van der Waals surface area contributed by atoms with Gasteiger partial charge in [-0.1, -0.05) is 182 Å². The summed E-state index contributed by atoms with van der Waals surface area (Å²) in [7, 11) is 0. The highest BCUT2D eigenvalue weighted by atomic mass is 15.0. The van der Waals surface area contributed by atoms with Crippen LogP contribution in [0.5, 0.6) is 0 Å². The Kier molecular flexibility index (Phi) is 8.53. The van der Waals surface area contributed by atoms with Crippen LogP contribution in [0.4, 0.5) is 0 Å². The molecule has 2 heterocycles. The first kappa shape index (κ1) is 35.7. The fraction of sp³-hybridized carbons (Fsp3) is 0. The Bertz CT molecular complexity index is 3240. The summed E-state index contributed by atoms with van der Waals surface area (Å²) in [6.07, 6.45) is 0. The molecule has 12 rings (SSSR count). The van der Waals surface area contributed by atoms with Gasteiger partial charge in [-0.05, 0) is 116 Å². The van der Waals surface area contributed by atoms with Crippen molar-refractivity contribution in [3.63, 3.8) is 0 Å². The Morgan fingerprint density at radius 1 is 0.177 bits per heavy atom. The van der Waals surface area contributed by atoms with Gasteiger partial charge in [-0.3, -0.25) is 0 Å². The second-order valence-electron chi connectivity index (χ2n) is 16.2. The first-order valence-corrected chi connectivity index (χ1v) is 21.3. The molecule has 0 radical (unpaired) electrons. The lowest BCUT2D eigenvalue weighted by Gasteiger charge is -2.15. The molecule has 0 N–H and O–H groups in total. The van der Waals surface area contributed by atoms with Crippen LogP contribution in [-0.4, -0.2) is 9.13 Å². The van der Waals surface area contributed by atoms with Gasteiger partial charge in [0.25, 0.3) is 0 Å². The van der Waals surface area contributed by atoms with Gasteiger partial charge in [-0.2, -0.15) is 0 Å². The summed E-state index contributed by atoms with van der Waals surface area (Å²) in [5, 5.41) is 4.95. The predicted octanol–water partition coefficient (Wildman–Crippen LogP) is 16.2. The molecule has 0 aliphatic rings. The van der Waals surface area contributed by atoms with Gasteiger partial charge in [0.2, 0.25) is 0 Å². The molecule has 0 saturated heterocycles. The molecule has 0 unspecified atom stereocenters. The minimum Gasteiger partial charge on any atom is -0.309 e. The first-order valence-electron chi connectivity index (χ1n) is 21.3. The molecule has 62 heavy (non-hydrogen) atoms. The number of fused-ring (bicyclic) bond motifs is 6. The lowest BCUT2D eigenvalue weighted by molar-refractivity contribution is 1.18. The van der Waals surface area contributed by atoms with Gasteiger partial charge in [-0.25, -0.2) is 0 Å². The van der Waals surface area contributed by atoms with Crippen molar-refractivity contribution in [1.29, 1.82) is 0 Å². The number of rotatable bonds is 7. The van der Waals surface area contributed by atoms with Crippen LogP contribution in [0.1, 0.15) is 0 Å². The molecule has 12 aromatic rings. The number of para-hydroxylation sites is 2. The van der Waals surface area contributed by atoms with Crippen LogP contribution in [0, 0.1) is 0 Å². The normalized spacial score (nSPS) is 11.5. The summed E-state index contributed by atoms with van der Waals surface area (Å²) >= 11 is 0. The molecule has 0 amide bonds. The van der Waals surface area contributed by atoms with Crippen LogP contribution < -0.4 is 0 Å².